The van der Waals surface area contributed by atoms with E-state index in [1.54, 1.807) is 0 Å². The Morgan fingerprint density at radius 2 is 0.724 bits per heavy atom. The lowest BCUT2D eigenvalue weighted by atomic mass is 9.89. The van der Waals surface area contributed by atoms with Gasteiger partial charge in [0.15, 0.2) is 0 Å². The van der Waals surface area contributed by atoms with Gasteiger partial charge in [0.25, 0.3) is 0 Å². The molecule has 0 aliphatic rings. The van der Waals surface area contributed by atoms with Crippen LogP contribution in [0.25, 0.3) is 0 Å². The maximum Gasteiger partial charge on any atom is 0.303 e. The monoisotopic (exact) mass is 410 g/mol. The van der Waals surface area contributed by atoms with Crippen LogP contribution >= 0.6 is 0 Å². The van der Waals surface area contributed by atoms with Crippen LogP contribution < -0.4 is 0 Å². The summed E-state index contributed by atoms with van der Waals surface area (Å²) in [5.74, 6) is -0.650. The first-order valence-electron chi connectivity index (χ1n) is 13.1. The summed E-state index contributed by atoms with van der Waals surface area (Å²) in [7, 11) is 0. The third-order valence-corrected chi connectivity index (χ3v) is 6.07. The third-order valence-electron chi connectivity index (χ3n) is 6.07. The molecule has 0 heterocycles. The Bertz CT molecular complexity index is 343. The normalized spacial score (nSPS) is 11.8. The molecule has 0 amide bonds. The molecule has 0 rings (SSSR count). The second kappa shape index (κ2) is 20.7. The molecule has 0 atom stereocenters. The first-order valence-corrected chi connectivity index (χ1v) is 13.1. The number of carbonyl (C=O) groups is 1. The quantitative estimate of drug-likeness (QED) is 0.180. The zero-order valence-corrected chi connectivity index (χ0v) is 20.4. The number of unbranched alkanes of at least 4 members (excludes halogenated alkanes) is 19. The molecule has 0 spiro atoms. The van der Waals surface area contributed by atoms with Gasteiger partial charge in [-0.05, 0) is 18.3 Å². The van der Waals surface area contributed by atoms with E-state index in [1.165, 1.54) is 122 Å². The highest BCUT2D eigenvalue weighted by molar-refractivity contribution is 5.66. The highest BCUT2D eigenvalue weighted by Gasteiger charge is 2.08. The molecule has 0 saturated carbocycles. The molecule has 0 unspecified atom stereocenters. The minimum Gasteiger partial charge on any atom is -0.481 e. The van der Waals surface area contributed by atoms with Crippen LogP contribution in [0.5, 0.6) is 0 Å². The highest BCUT2D eigenvalue weighted by atomic mass is 16.4. The van der Waals surface area contributed by atoms with E-state index in [1.807, 2.05) is 0 Å². The summed E-state index contributed by atoms with van der Waals surface area (Å²) in [5, 5.41) is 8.59. The minimum atomic E-state index is -0.650. The average molecular weight is 411 g/mol. The Morgan fingerprint density at radius 1 is 0.483 bits per heavy atom. The topological polar surface area (TPSA) is 37.3 Å². The van der Waals surface area contributed by atoms with Gasteiger partial charge in [0.05, 0.1) is 0 Å². The lowest BCUT2D eigenvalue weighted by Crippen LogP contribution is -2.03. The molecular formula is C27H54O2. The van der Waals surface area contributed by atoms with Crippen LogP contribution in [0.1, 0.15) is 162 Å². The van der Waals surface area contributed by atoms with Gasteiger partial charge in [-0.2, -0.15) is 0 Å². The molecule has 0 radical (unpaired) electrons. The Kier molecular flexibility index (Phi) is 20.4. The van der Waals surface area contributed by atoms with E-state index in [9.17, 15) is 4.79 Å². The predicted octanol–water partition coefficient (Wildman–Crippen LogP) is 9.70. The Balaban J connectivity index is 3.04. The van der Waals surface area contributed by atoms with Crippen LogP contribution in [0.4, 0.5) is 0 Å². The summed E-state index contributed by atoms with van der Waals surface area (Å²) >= 11 is 0. The van der Waals surface area contributed by atoms with Crippen LogP contribution in [0.3, 0.4) is 0 Å². The van der Waals surface area contributed by atoms with Crippen molar-refractivity contribution in [3.8, 4) is 0 Å². The van der Waals surface area contributed by atoms with Crippen LogP contribution in [-0.2, 0) is 4.79 Å². The molecule has 0 aliphatic heterocycles. The Morgan fingerprint density at radius 3 is 0.966 bits per heavy atom. The van der Waals surface area contributed by atoms with Gasteiger partial charge in [-0.1, -0.05) is 143 Å². The maximum absolute atomic E-state index is 10.4. The molecule has 29 heavy (non-hydrogen) atoms. The lowest BCUT2D eigenvalue weighted by molar-refractivity contribution is -0.137. The molecule has 0 saturated heterocycles. The van der Waals surface area contributed by atoms with E-state index in [4.69, 9.17) is 5.11 Å². The zero-order valence-electron chi connectivity index (χ0n) is 20.4. The fourth-order valence-electron chi connectivity index (χ4n) is 4.11. The molecule has 0 aromatic carbocycles. The smallest absolute Gasteiger partial charge is 0.303 e. The van der Waals surface area contributed by atoms with Crippen molar-refractivity contribution in [1.82, 2.24) is 0 Å². The largest absolute Gasteiger partial charge is 0.481 e. The molecule has 0 aromatic heterocycles. The number of hydrogen-bond acceptors (Lipinski definition) is 1. The summed E-state index contributed by atoms with van der Waals surface area (Å²) in [4.78, 5) is 10.4. The molecule has 1 N–H and O–H groups in total. The summed E-state index contributed by atoms with van der Waals surface area (Å²) in [6.07, 6.45) is 29.0. The molecule has 0 fully saturated rings. The van der Waals surface area contributed by atoms with Crippen LogP contribution in [-0.4, -0.2) is 11.1 Å². The number of carboxylic acid groups (broad SMARTS) is 1. The van der Waals surface area contributed by atoms with Crippen molar-refractivity contribution in [2.75, 3.05) is 0 Å². The SMILES string of the molecule is CC(C)(C)CCCCCCCCCCCCCCCCCCCCCCC(=O)O. The fourth-order valence-corrected chi connectivity index (χ4v) is 4.11. The summed E-state index contributed by atoms with van der Waals surface area (Å²) < 4.78 is 0. The van der Waals surface area contributed by atoms with Gasteiger partial charge in [0, 0.05) is 6.42 Å². The molecule has 174 valence electrons. The van der Waals surface area contributed by atoms with E-state index in [0.29, 0.717) is 11.8 Å². The minimum absolute atomic E-state index is 0.345. The van der Waals surface area contributed by atoms with Crippen molar-refractivity contribution >= 4 is 5.97 Å². The Hall–Kier alpha value is -0.530. The number of hydrogen-bond donors (Lipinski definition) is 1. The van der Waals surface area contributed by atoms with Gasteiger partial charge in [0.1, 0.15) is 0 Å². The second-order valence-corrected chi connectivity index (χ2v) is 10.5. The van der Waals surface area contributed by atoms with Crippen molar-refractivity contribution in [3.63, 3.8) is 0 Å². The van der Waals surface area contributed by atoms with Crippen molar-refractivity contribution in [1.29, 1.82) is 0 Å². The van der Waals surface area contributed by atoms with Crippen LogP contribution in [0.2, 0.25) is 0 Å². The van der Waals surface area contributed by atoms with Crippen molar-refractivity contribution < 1.29 is 9.90 Å². The number of aliphatic carboxylic acids is 1. The van der Waals surface area contributed by atoms with Gasteiger partial charge >= 0.3 is 5.97 Å². The number of carboxylic acids is 1. The van der Waals surface area contributed by atoms with Crippen molar-refractivity contribution in [3.05, 3.63) is 0 Å². The van der Waals surface area contributed by atoms with Gasteiger partial charge in [-0.15, -0.1) is 0 Å². The zero-order chi connectivity index (χ0) is 21.6. The summed E-state index contributed by atoms with van der Waals surface area (Å²) in [6.45, 7) is 7.06. The molecule has 2 heteroatoms. The predicted molar refractivity (Wildman–Crippen MR) is 129 cm³/mol. The maximum atomic E-state index is 10.4. The summed E-state index contributed by atoms with van der Waals surface area (Å²) in [5.41, 5.74) is 0.519. The van der Waals surface area contributed by atoms with Crippen LogP contribution in [0.15, 0.2) is 0 Å². The lowest BCUT2D eigenvalue weighted by Gasteiger charge is -2.17. The first kappa shape index (κ1) is 28.5. The van der Waals surface area contributed by atoms with Crippen molar-refractivity contribution in [2.24, 2.45) is 5.41 Å². The van der Waals surface area contributed by atoms with Crippen molar-refractivity contribution in [2.45, 2.75) is 162 Å². The van der Waals surface area contributed by atoms with Gasteiger partial charge in [-0.3, -0.25) is 4.79 Å². The van der Waals surface area contributed by atoms with Crippen LogP contribution in [0, 0.1) is 5.41 Å². The second-order valence-electron chi connectivity index (χ2n) is 10.5. The molecular weight excluding hydrogens is 356 g/mol. The summed E-state index contributed by atoms with van der Waals surface area (Å²) in [6, 6.07) is 0. The van der Waals surface area contributed by atoms with Gasteiger partial charge in [-0.25, -0.2) is 0 Å². The first-order chi connectivity index (χ1) is 13.9. The van der Waals surface area contributed by atoms with Gasteiger partial charge in [0.2, 0.25) is 0 Å². The molecule has 0 aromatic rings. The molecule has 0 aliphatic carbocycles. The van der Waals surface area contributed by atoms with E-state index in [0.717, 1.165) is 12.8 Å². The van der Waals surface area contributed by atoms with E-state index >= 15 is 0 Å². The molecule has 0 bridgehead atoms. The van der Waals surface area contributed by atoms with E-state index < -0.39 is 5.97 Å². The van der Waals surface area contributed by atoms with E-state index in [-0.39, 0.29) is 0 Å². The van der Waals surface area contributed by atoms with Gasteiger partial charge < -0.3 is 5.11 Å². The number of rotatable bonds is 22. The standard InChI is InChI=1S/C27H54O2/c1-27(2,3)25-23-21-19-17-15-13-11-9-7-5-4-6-8-10-12-14-16-18-20-22-24-26(28)29/h4-25H2,1-3H3,(H,28,29). The fraction of sp³-hybridized carbons (Fsp3) is 0.963. The highest BCUT2D eigenvalue weighted by Crippen LogP contribution is 2.22. The third kappa shape index (κ3) is 27.5. The van der Waals surface area contributed by atoms with E-state index in [2.05, 4.69) is 20.8 Å². The Labute approximate surface area is 183 Å². The molecule has 2 nitrogen and oxygen atoms in total. The average Bonchev–Trinajstić information content (AvgIpc) is 2.64.